The maximum Gasteiger partial charge on any atom is 0.338 e. The third-order valence-electron chi connectivity index (χ3n) is 4.11. The maximum atomic E-state index is 12.6. The number of benzene rings is 1. The van der Waals surface area contributed by atoms with Crippen LogP contribution in [0.3, 0.4) is 0 Å². The molecule has 1 aliphatic heterocycles. The van der Waals surface area contributed by atoms with Crippen molar-refractivity contribution in [2.45, 2.75) is 19.9 Å². The van der Waals surface area contributed by atoms with Gasteiger partial charge in [0.05, 0.1) is 28.9 Å². The quantitative estimate of drug-likeness (QED) is 0.414. The summed E-state index contributed by atoms with van der Waals surface area (Å²) in [7, 11) is 0. The fourth-order valence-electron chi connectivity index (χ4n) is 2.85. The van der Waals surface area contributed by atoms with Crippen LogP contribution in [0, 0.1) is 17.0 Å². The van der Waals surface area contributed by atoms with Crippen LogP contribution in [0.2, 0.25) is 0 Å². The highest BCUT2D eigenvalue weighted by atomic mass is 16.6. The Bertz CT molecular complexity index is 980. The van der Waals surface area contributed by atoms with E-state index in [1.807, 2.05) is 0 Å². The number of nitro benzene ring substituents is 1. The van der Waals surface area contributed by atoms with Crippen LogP contribution in [-0.2, 0) is 9.53 Å². The first-order valence-electron chi connectivity index (χ1n) is 8.80. The number of non-ortho nitro benzene ring substituents is 1. The van der Waals surface area contributed by atoms with Gasteiger partial charge in [-0.15, -0.1) is 0 Å². The van der Waals surface area contributed by atoms with Crippen molar-refractivity contribution < 1.29 is 28.4 Å². The number of rotatable bonds is 7. The number of carbonyl (C=O) groups is 2. The van der Waals surface area contributed by atoms with Crippen molar-refractivity contribution in [2.24, 2.45) is 0 Å². The Kier molecular flexibility index (Phi) is 5.82. The van der Waals surface area contributed by atoms with Crippen molar-refractivity contribution in [1.82, 2.24) is 10.6 Å². The number of nitrogens with one attached hydrogen (secondary N) is 2. The van der Waals surface area contributed by atoms with Crippen LogP contribution in [0.5, 0.6) is 5.75 Å². The summed E-state index contributed by atoms with van der Waals surface area (Å²) in [6.07, 6.45) is 0. The standard InChI is InChI=1S/C19H19N3O7/c1-3-27-18(23)16-14(10-28-13-6-4-5-12(9-13)22(25)26)20-19(24)21-17(16)15-8-7-11(2)29-15/h4-9,17H,3,10H2,1-2H3,(H2,20,21,24). The number of hydrogen-bond acceptors (Lipinski definition) is 7. The Morgan fingerprint density at radius 3 is 2.76 bits per heavy atom. The van der Waals surface area contributed by atoms with Crippen molar-refractivity contribution in [1.29, 1.82) is 0 Å². The number of esters is 1. The van der Waals surface area contributed by atoms with Gasteiger partial charge >= 0.3 is 12.0 Å². The molecule has 10 nitrogen and oxygen atoms in total. The van der Waals surface area contributed by atoms with Crippen LogP contribution in [0.1, 0.15) is 24.5 Å². The molecule has 0 radical (unpaired) electrons. The zero-order valence-electron chi connectivity index (χ0n) is 15.8. The van der Waals surface area contributed by atoms with Gasteiger partial charge in [-0.3, -0.25) is 10.1 Å². The Morgan fingerprint density at radius 2 is 2.10 bits per heavy atom. The lowest BCUT2D eigenvalue weighted by atomic mass is 10.0. The van der Waals surface area contributed by atoms with E-state index >= 15 is 0 Å². The largest absolute Gasteiger partial charge is 0.487 e. The maximum absolute atomic E-state index is 12.6. The summed E-state index contributed by atoms with van der Waals surface area (Å²) in [5.74, 6) is 0.559. The zero-order chi connectivity index (χ0) is 21.0. The number of nitrogens with zero attached hydrogens (tertiary/aromatic N) is 1. The molecule has 0 saturated carbocycles. The first-order chi connectivity index (χ1) is 13.9. The molecule has 10 heteroatoms. The van der Waals surface area contributed by atoms with Gasteiger partial charge in [0.2, 0.25) is 0 Å². The predicted octanol–water partition coefficient (Wildman–Crippen LogP) is 2.75. The summed E-state index contributed by atoms with van der Waals surface area (Å²) in [5.41, 5.74) is 0.171. The van der Waals surface area contributed by atoms with E-state index in [9.17, 15) is 19.7 Å². The number of nitro groups is 1. The topological polar surface area (TPSA) is 133 Å². The molecule has 0 saturated heterocycles. The van der Waals surface area contributed by atoms with Gasteiger partial charge < -0.3 is 24.5 Å². The molecule has 29 heavy (non-hydrogen) atoms. The molecule has 2 heterocycles. The first-order valence-corrected chi connectivity index (χ1v) is 8.80. The number of aryl methyl sites for hydroxylation is 1. The molecule has 1 aliphatic rings. The summed E-state index contributed by atoms with van der Waals surface area (Å²) < 4.78 is 16.3. The summed E-state index contributed by atoms with van der Waals surface area (Å²) in [4.78, 5) is 35.1. The van der Waals surface area contributed by atoms with Gasteiger partial charge in [-0.25, -0.2) is 9.59 Å². The number of carbonyl (C=O) groups excluding carboxylic acids is 2. The average Bonchev–Trinajstić information content (AvgIpc) is 3.12. The smallest absolute Gasteiger partial charge is 0.338 e. The SMILES string of the molecule is CCOC(=O)C1=C(COc2cccc([N+](=O)[O-])c2)NC(=O)NC1c1ccc(C)o1. The summed E-state index contributed by atoms with van der Waals surface area (Å²) in [6, 6.07) is 7.56. The minimum absolute atomic E-state index is 0.131. The Morgan fingerprint density at radius 1 is 1.31 bits per heavy atom. The highest BCUT2D eigenvalue weighted by Crippen LogP contribution is 2.29. The normalized spacial score (nSPS) is 16.1. The minimum atomic E-state index is -0.861. The molecule has 3 rings (SSSR count). The van der Waals surface area contributed by atoms with Gasteiger partial charge in [0.15, 0.2) is 0 Å². The molecule has 0 spiro atoms. The monoisotopic (exact) mass is 401 g/mol. The molecule has 2 amide bonds. The van der Waals surface area contributed by atoms with Crippen LogP contribution in [0.15, 0.2) is 52.1 Å². The number of hydrogen-bond donors (Lipinski definition) is 2. The molecule has 1 unspecified atom stereocenters. The van der Waals surface area contributed by atoms with Crippen molar-refractivity contribution >= 4 is 17.7 Å². The third-order valence-corrected chi connectivity index (χ3v) is 4.11. The average molecular weight is 401 g/mol. The van der Waals surface area contributed by atoms with Crippen LogP contribution < -0.4 is 15.4 Å². The highest BCUT2D eigenvalue weighted by molar-refractivity contribution is 5.95. The summed E-state index contributed by atoms with van der Waals surface area (Å²) >= 11 is 0. The van der Waals surface area contributed by atoms with Crippen LogP contribution in [0.25, 0.3) is 0 Å². The lowest BCUT2D eigenvalue weighted by molar-refractivity contribution is -0.384. The van der Waals surface area contributed by atoms with Gasteiger partial charge in [0.1, 0.15) is 29.9 Å². The second-order valence-electron chi connectivity index (χ2n) is 6.14. The van der Waals surface area contributed by atoms with Crippen molar-refractivity contribution in [2.75, 3.05) is 13.2 Å². The Hall–Kier alpha value is -3.82. The molecule has 1 aromatic heterocycles. The number of urea groups is 1. The van der Waals surface area contributed by atoms with E-state index in [1.165, 1.54) is 24.3 Å². The van der Waals surface area contributed by atoms with E-state index in [4.69, 9.17) is 13.9 Å². The minimum Gasteiger partial charge on any atom is -0.487 e. The van der Waals surface area contributed by atoms with Crippen molar-refractivity contribution in [3.8, 4) is 5.75 Å². The van der Waals surface area contributed by atoms with Crippen LogP contribution >= 0.6 is 0 Å². The van der Waals surface area contributed by atoms with Gasteiger partial charge in [-0.1, -0.05) is 6.07 Å². The summed E-state index contributed by atoms with van der Waals surface area (Å²) in [5, 5.41) is 16.1. The number of furan rings is 1. The van der Waals surface area contributed by atoms with E-state index < -0.39 is 23.0 Å². The van der Waals surface area contributed by atoms with E-state index in [-0.39, 0.29) is 35.9 Å². The highest BCUT2D eigenvalue weighted by Gasteiger charge is 2.35. The Balaban J connectivity index is 1.94. The van der Waals surface area contributed by atoms with Gasteiger partial charge in [-0.05, 0) is 32.0 Å². The van der Waals surface area contributed by atoms with Crippen molar-refractivity contribution in [3.05, 3.63) is 69.3 Å². The molecule has 0 bridgehead atoms. The Labute approximate surface area is 165 Å². The van der Waals surface area contributed by atoms with E-state index in [0.717, 1.165) is 0 Å². The predicted molar refractivity (Wildman–Crippen MR) is 100 cm³/mol. The fourth-order valence-corrected chi connectivity index (χ4v) is 2.85. The zero-order valence-corrected chi connectivity index (χ0v) is 15.8. The lowest BCUT2D eigenvalue weighted by Crippen LogP contribution is -2.47. The molecule has 0 fully saturated rings. The second-order valence-corrected chi connectivity index (χ2v) is 6.14. The molecule has 152 valence electrons. The lowest BCUT2D eigenvalue weighted by Gasteiger charge is -2.27. The molecule has 0 aliphatic carbocycles. The van der Waals surface area contributed by atoms with Gasteiger partial charge in [0, 0.05) is 6.07 Å². The van der Waals surface area contributed by atoms with Gasteiger partial charge in [0.25, 0.3) is 5.69 Å². The molecule has 1 atom stereocenters. The van der Waals surface area contributed by atoms with Crippen LogP contribution in [-0.4, -0.2) is 30.1 Å². The number of amides is 2. The first kappa shape index (κ1) is 19.9. The summed E-state index contributed by atoms with van der Waals surface area (Å²) in [6.45, 7) is 3.34. The van der Waals surface area contributed by atoms with E-state index in [0.29, 0.717) is 11.5 Å². The van der Waals surface area contributed by atoms with Crippen LogP contribution in [0.4, 0.5) is 10.5 Å². The molecular formula is C19H19N3O7. The number of ether oxygens (including phenoxy) is 2. The van der Waals surface area contributed by atoms with Crippen molar-refractivity contribution in [3.63, 3.8) is 0 Å². The second kappa shape index (κ2) is 8.46. The molecular weight excluding hydrogens is 382 g/mol. The fraction of sp³-hybridized carbons (Fsp3) is 0.263. The van der Waals surface area contributed by atoms with Gasteiger partial charge in [-0.2, -0.15) is 0 Å². The van der Waals surface area contributed by atoms with E-state index in [1.54, 1.807) is 26.0 Å². The molecule has 2 N–H and O–H groups in total. The third kappa shape index (κ3) is 4.54. The molecule has 2 aromatic rings. The van der Waals surface area contributed by atoms with E-state index in [2.05, 4.69) is 10.6 Å². The molecule has 1 aromatic carbocycles.